The third-order valence-electron chi connectivity index (χ3n) is 2.02. The molecule has 0 bridgehead atoms. The molecular weight excluding hydrogens is 250 g/mol. The van der Waals surface area contributed by atoms with Gasteiger partial charge in [0.1, 0.15) is 6.04 Å². The van der Waals surface area contributed by atoms with E-state index in [1.165, 1.54) is 11.8 Å². The van der Waals surface area contributed by atoms with Crippen LogP contribution in [0.25, 0.3) is 0 Å². The summed E-state index contributed by atoms with van der Waals surface area (Å²) in [5, 5.41) is 28.2. The largest absolute Gasteiger partial charge is 0.481 e. The Morgan fingerprint density at radius 3 is 2.18 bits per heavy atom. The Morgan fingerprint density at radius 2 is 1.82 bits per heavy atom. The molecule has 0 aromatic rings. The molecule has 0 aliphatic rings. The lowest BCUT2D eigenvalue weighted by Gasteiger charge is -2.16. The molecule has 0 aliphatic heterocycles. The summed E-state index contributed by atoms with van der Waals surface area (Å²) in [6, 6.07) is -1.14. The van der Waals surface area contributed by atoms with Crippen LogP contribution in [0, 0.1) is 5.92 Å². The van der Waals surface area contributed by atoms with Crippen molar-refractivity contribution in [2.24, 2.45) is 5.92 Å². The maximum absolute atomic E-state index is 11.4. The molecule has 7 nitrogen and oxygen atoms in total. The van der Waals surface area contributed by atoms with Gasteiger partial charge >= 0.3 is 11.9 Å². The minimum absolute atomic E-state index is 0.194. The van der Waals surface area contributed by atoms with E-state index in [-0.39, 0.29) is 6.42 Å². The first-order valence-electron chi connectivity index (χ1n) is 4.79. The zero-order chi connectivity index (χ0) is 13.4. The molecular formula is C9H15NO6S. The number of carbonyl (C=O) groups is 3. The van der Waals surface area contributed by atoms with Crippen LogP contribution in [0.3, 0.4) is 0 Å². The van der Waals surface area contributed by atoms with E-state index < -0.39 is 36.4 Å². The van der Waals surface area contributed by atoms with Crippen LogP contribution in [0.5, 0.6) is 0 Å². The second-order valence-electron chi connectivity index (χ2n) is 3.25. The van der Waals surface area contributed by atoms with Crippen LogP contribution in [0.4, 0.5) is 0 Å². The van der Waals surface area contributed by atoms with Crippen molar-refractivity contribution in [2.75, 3.05) is 18.6 Å². The first kappa shape index (κ1) is 15.7. The molecule has 1 amide bonds. The number of nitrogens with one attached hydrogen (secondary N) is 1. The highest BCUT2D eigenvalue weighted by atomic mass is 32.2. The normalized spacial score (nSPS) is 13.8. The highest BCUT2D eigenvalue weighted by Crippen LogP contribution is 2.03. The molecule has 0 saturated heterocycles. The summed E-state index contributed by atoms with van der Waals surface area (Å²) in [5.41, 5.74) is 0. The second-order valence-corrected chi connectivity index (χ2v) is 4.24. The number of aliphatic hydroxyl groups excluding tert-OH is 1. The molecule has 0 spiro atoms. The van der Waals surface area contributed by atoms with Crippen molar-refractivity contribution >= 4 is 29.6 Å². The average Bonchev–Trinajstić information content (AvgIpc) is 2.24. The van der Waals surface area contributed by atoms with Crippen LogP contribution in [-0.4, -0.2) is 57.8 Å². The van der Waals surface area contributed by atoms with E-state index in [4.69, 9.17) is 15.3 Å². The number of thioether (sulfide) groups is 1. The topological polar surface area (TPSA) is 124 Å². The molecule has 0 fully saturated rings. The fraction of sp³-hybridized carbons (Fsp3) is 0.667. The predicted octanol–water partition coefficient (Wildman–Crippen LogP) is -0.998. The quantitative estimate of drug-likeness (QED) is 0.415. The van der Waals surface area contributed by atoms with Gasteiger partial charge < -0.3 is 20.6 Å². The molecule has 0 rings (SSSR count). The van der Waals surface area contributed by atoms with Crippen molar-refractivity contribution in [3.63, 3.8) is 0 Å². The van der Waals surface area contributed by atoms with E-state index in [9.17, 15) is 14.4 Å². The van der Waals surface area contributed by atoms with Gasteiger partial charge in [0.05, 0.1) is 6.61 Å². The van der Waals surface area contributed by atoms with Gasteiger partial charge in [-0.15, -0.1) is 0 Å². The van der Waals surface area contributed by atoms with E-state index in [1.807, 2.05) is 0 Å². The summed E-state index contributed by atoms with van der Waals surface area (Å²) < 4.78 is 0. The van der Waals surface area contributed by atoms with E-state index in [0.29, 0.717) is 5.75 Å². The molecule has 8 heteroatoms. The first-order chi connectivity index (χ1) is 7.93. The average molecular weight is 265 g/mol. The van der Waals surface area contributed by atoms with Gasteiger partial charge in [0.2, 0.25) is 5.91 Å². The Bertz CT molecular complexity index is 295. The zero-order valence-electron chi connectivity index (χ0n) is 9.25. The van der Waals surface area contributed by atoms with Gasteiger partial charge in [0.25, 0.3) is 0 Å². The van der Waals surface area contributed by atoms with Crippen molar-refractivity contribution in [3.05, 3.63) is 0 Å². The number of carboxylic acids is 2. The summed E-state index contributed by atoms with van der Waals surface area (Å²) >= 11 is 1.41. The minimum atomic E-state index is -1.63. The molecule has 17 heavy (non-hydrogen) atoms. The number of carboxylic acid groups (broad SMARTS) is 2. The molecule has 4 N–H and O–H groups in total. The Morgan fingerprint density at radius 1 is 1.24 bits per heavy atom. The van der Waals surface area contributed by atoms with Gasteiger partial charge in [0.15, 0.2) is 5.92 Å². The summed E-state index contributed by atoms with van der Waals surface area (Å²) in [6.45, 7) is -0.865. The smallest absolute Gasteiger partial charge is 0.326 e. The number of aliphatic carboxylic acids is 2. The van der Waals surface area contributed by atoms with Gasteiger partial charge in [-0.25, -0.2) is 4.79 Å². The predicted molar refractivity (Wildman–Crippen MR) is 60.8 cm³/mol. The Balaban J connectivity index is 4.48. The van der Waals surface area contributed by atoms with E-state index >= 15 is 0 Å². The van der Waals surface area contributed by atoms with Gasteiger partial charge in [-0.1, -0.05) is 0 Å². The van der Waals surface area contributed by atoms with Crippen molar-refractivity contribution < 1.29 is 29.7 Å². The Kier molecular flexibility index (Phi) is 7.31. The van der Waals surface area contributed by atoms with Crippen LogP contribution in [0.15, 0.2) is 0 Å². The first-order valence-corrected chi connectivity index (χ1v) is 6.19. The summed E-state index contributed by atoms with van der Waals surface area (Å²) in [6.07, 6.45) is 1.98. The molecule has 0 saturated carbocycles. The number of aliphatic hydroxyl groups is 1. The van der Waals surface area contributed by atoms with E-state index in [0.717, 1.165) is 0 Å². The number of hydrogen-bond acceptors (Lipinski definition) is 5. The minimum Gasteiger partial charge on any atom is -0.481 e. The summed E-state index contributed by atoms with van der Waals surface area (Å²) in [7, 11) is 0. The maximum atomic E-state index is 11.4. The molecule has 98 valence electrons. The van der Waals surface area contributed by atoms with Crippen molar-refractivity contribution in [1.29, 1.82) is 0 Å². The van der Waals surface area contributed by atoms with Crippen molar-refractivity contribution in [1.82, 2.24) is 5.32 Å². The molecule has 0 aromatic carbocycles. The SMILES string of the molecule is CSCCC(NC(=O)C(CO)C(=O)O)C(=O)O. The van der Waals surface area contributed by atoms with Gasteiger partial charge in [-0.2, -0.15) is 11.8 Å². The Hall–Kier alpha value is -1.28. The zero-order valence-corrected chi connectivity index (χ0v) is 10.1. The van der Waals surface area contributed by atoms with Crippen molar-refractivity contribution in [2.45, 2.75) is 12.5 Å². The highest BCUT2D eigenvalue weighted by Gasteiger charge is 2.29. The van der Waals surface area contributed by atoms with Crippen LogP contribution >= 0.6 is 11.8 Å². The monoisotopic (exact) mass is 265 g/mol. The second kappa shape index (κ2) is 7.91. The number of amides is 1. The molecule has 2 unspecified atom stereocenters. The maximum Gasteiger partial charge on any atom is 0.326 e. The van der Waals surface area contributed by atoms with E-state index in [2.05, 4.69) is 5.32 Å². The molecule has 2 atom stereocenters. The van der Waals surface area contributed by atoms with E-state index in [1.54, 1.807) is 6.26 Å². The van der Waals surface area contributed by atoms with Crippen LogP contribution in [0.1, 0.15) is 6.42 Å². The van der Waals surface area contributed by atoms with Crippen molar-refractivity contribution in [3.8, 4) is 0 Å². The molecule has 0 radical (unpaired) electrons. The number of hydrogen-bond donors (Lipinski definition) is 4. The standard InChI is InChI=1S/C9H15NO6S/c1-17-3-2-6(9(15)16)10-7(12)5(4-11)8(13)14/h5-6,11H,2-4H2,1H3,(H,10,12)(H,13,14)(H,15,16). The fourth-order valence-corrected chi connectivity index (χ4v) is 1.51. The van der Waals surface area contributed by atoms with Gasteiger partial charge in [-0.05, 0) is 18.4 Å². The van der Waals surface area contributed by atoms with Crippen LogP contribution in [-0.2, 0) is 14.4 Å². The van der Waals surface area contributed by atoms with Crippen LogP contribution < -0.4 is 5.32 Å². The van der Waals surface area contributed by atoms with Crippen LogP contribution in [0.2, 0.25) is 0 Å². The Labute approximate surface area is 102 Å². The lowest BCUT2D eigenvalue weighted by atomic mass is 10.1. The van der Waals surface area contributed by atoms with Gasteiger partial charge in [-0.3, -0.25) is 9.59 Å². The fourth-order valence-electron chi connectivity index (χ4n) is 1.04. The third-order valence-corrected chi connectivity index (χ3v) is 2.67. The lowest BCUT2D eigenvalue weighted by molar-refractivity contribution is -0.151. The highest BCUT2D eigenvalue weighted by molar-refractivity contribution is 7.98. The lowest BCUT2D eigenvalue weighted by Crippen LogP contribution is -2.46. The third kappa shape index (κ3) is 5.55. The van der Waals surface area contributed by atoms with Gasteiger partial charge in [0, 0.05) is 0 Å². The number of carbonyl (C=O) groups excluding carboxylic acids is 1. The molecule has 0 heterocycles. The summed E-state index contributed by atoms with van der Waals surface area (Å²) in [4.78, 5) is 32.7. The molecule has 0 aliphatic carbocycles. The number of rotatable bonds is 8. The molecule has 0 aromatic heterocycles. The summed E-state index contributed by atoms with van der Waals surface area (Å²) in [5.74, 6) is -4.82.